The molecule has 0 aliphatic heterocycles. The zero-order valence-corrected chi connectivity index (χ0v) is 8.83. The van der Waals surface area contributed by atoms with Gasteiger partial charge in [-0.25, -0.2) is 0 Å². The lowest BCUT2D eigenvalue weighted by atomic mass is 10.1. The first-order valence-corrected chi connectivity index (χ1v) is 4.88. The van der Waals surface area contributed by atoms with Gasteiger partial charge >= 0.3 is 0 Å². The molecule has 0 atom stereocenters. The molecule has 0 unspecified atom stereocenters. The lowest BCUT2D eigenvalue weighted by Crippen LogP contribution is -1.83. The van der Waals surface area contributed by atoms with Gasteiger partial charge in [-0.1, -0.05) is 28.9 Å². The Balaban J connectivity index is 2.61. The highest BCUT2D eigenvalue weighted by molar-refractivity contribution is 5.73. The topological polar surface area (TPSA) is 61.7 Å². The average Bonchev–Trinajstić information content (AvgIpc) is 2.31. The zero-order chi connectivity index (χ0) is 11.4. The molecule has 78 valence electrons. The van der Waals surface area contributed by atoms with Crippen LogP contribution in [0.1, 0.15) is 5.56 Å². The molecule has 2 aromatic rings. The molecule has 0 amide bonds. The van der Waals surface area contributed by atoms with E-state index in [9.17, 15) is 0 Å². The second-order valence-electron chi connectivity index (χ2n) is 3.43. The molecule has 0 spiro atoms. The molecule has 2 rings (SSSR count). The fourth-order valence-corrected chi connectivity index (χ4v) is 1.51. The number of azide groups is 1. The van der Waals surface area contributed by atoms with Crippen molar-refractivity contribution in [1.82, 2.24) is 4.98 Å². The molecule has 0 saturated carbocycles. The zero-order valence-electron chi connectivity index (χ0n) is 8.83. The molecule has 0 aliphatic carbocycles. The maximum atomic E-state index is 8.52. The highest BCUT2D eigenvalue weighted by Gasteiger charge is 2.04. The Bertz CT molecular complexity index is 542. The summed E-state index contributed by atoms with van der Waals surface area (Å²) >= 11 is 0. The summed E-state index contributed by atoms with van der Waals surface area (Å²) in [5, 5.41) is 3.68. The quantitative estimate of drug-likeness (QED) is 0.419. The van der Waals surface area contributed by atoms with Crippen LogP contribution in [0.3, 0.4) is 0 Å². The van der Waals surface area contributed by atoms with E-state index in [1.165, 1.54) is 0 Å². The van der Waals surface area contributed by atoms with Gasteiger partial charge in [0.15, 0.2) is 0 Å². The van der Waals surface area contributed by atoms with Gasteiger partial charge < -0.3 is 0 Å². The molecule has 0 aliphatic rings. The van der Waals surface area contributed by atoms with E-state index in [0.717, 1.165) is 16.8 Å². The molecule has 1 aromatic heterocycles. The van der Waals surface area contributed by atoms with Gasteiger partial charge in [-0.2, -0.15) is 0 Å². The van der Waals surface area contributed by atoms with Gasteiger partial charge in [0, 0.05) is 22.4 Å². The number of aryl methyl sites for hydroxylation is 1. The Hall–Kier alpha value is -2.32. The summed E-state index contributed by atoms with van der Waals surface area (Å²) in [5.74, 6) is 0. The van der Waals surface area contributed by atoms with Crippen molar-refractivity contribution in [3.63, 3.8) is 0 Å². The molecule has 0 radical (unpaired) electrons. The van der Waals surface area contributed by atoms with Crippen molar-refractivity contribution in [2.75, 3.05) is 0 Å². The maximum Gasteiger partial charge on any atom is 0.0706 e. The van der Waals surface area contributed by atoms with Crippen LogP contribution >= 0.6 is 0 Å². The van der Waals surface area contributed by atoms with E-state index in [2.05, 4.69) is 15.0 Å². The van der Waals surface area contributed by atoms with Gasteiger partial charge in [-0.3, -0.25) is 4.98 Å². The van der Waals surface area contributed by atoms with E-state index in [0.29, 0.717) is 5.69 Å². The van der Waals surface area contributed by atoms with E-state index in [1.807, 2.05) is 43.3 Å². The Morgan fingerprint density at radius 1 is 1.25 bits per heavy atom. The molecule has 16 heavy (non-hydrogen) atoms. The van der Waals surface area contributed by atoms with Crippen molar-refractivity contribution in [2.24, 2.45) is 5.11 Å². The minimum Gasteiger partial charge on any atom is -0.256 e. The van der Waals surface area contributed by atoms with Gasteiger partial charge in [-0.15, -0.1) is 0 Å². The fourth-order valence-electron chi connectivity index (χ4n) is 1.51. The first-order chi connectivity index (χ1) is 7.81. The maximum absolute atomic E-state index is 8.52. The number of hydrogen-bond acceptors (Lipinski definition) is 2. The van der Waals surface area contributed by atoms with E-state index in [4.69, 9.17) is 5.53 Å². The molecule has 0 fully saturated rings. The third-order valence-electron chi connectivity index (χ3n) is 2.25. The lowest BCUT2D eigenvalue weighted by Gasteiger charge is -2.05. The molecule has 1 heterocycles. The third kappa shape index (κ3) is 2.02. The van der Waals surface area contributed by atoms with Crippen molar-refractivity contribution in [3.05, 3.63) is 58.6 Å². The van der Waals surface area contributed by atoms with E-state index in [1.54, 1.807) is 6.20 Å². The summed E-state index contributed by atoms with van der Waals surface area (Å²) in [6.07, 6.45) is 1.72. The van der Waals surface area contributed by atoms with Crippen LogP contribution < -0.4 is 0 Å². The Kier molecular flexibility index (Phi) is 2.85. The van der Waals surface area contributed by atoms with Crippen LogP contribution in [0.5, 0.6) is 0 Å². The highest BCUT2D eigenvalue weighted by Crippen LogP contribution is 2.29. The molecule has 1 aromatic carbocycles. The number of hydrogen-bond donors (Lipinski definition) is 0. The predicted molar refractivity (Wildman–Crippen MR) is 63.2 cm³/mol. The van der Waals surface area contributed by atoms with Crippen LogP contribution in [0.25, 0.3) is 21.7 Å². The fraction of sp³-hybridized carbons (Fsp3) is 0.0833. The van der Waals surface area contributed by atoms with Crippen LogP contribution in [0.2, 0.25) is 0 Å². The van der Waals surface area contributed by atoms with Crippen molar-refractivity contribution < 1.29 is 0 Å². The molecule has 4 nitrogen and oxygen atoms in total. The van der Waals surface area contributed by atoms with Gasteiger partial charge in [0.1, 0.15) is 0 Å². The molecule has 0 N–H and O–H groups in total. The summed E-state index contributed by atoms with van der Waals surface area (Å²) in [6, 6.07) is 11.4. The third-order valence-corrected chi connectivity index (χ3v) is 2.25. The second-order valence-corrected chi connectivity index (χ2v) is 3.43. The summed E-state index contributed by atoms with van der Waals surface area (Å²) in [6.45, 7) is 1.96. The van der Waals surface area contributed by atoms with Gasteiger partial charge in [0.25, 0.3) is 0 Å². The van der Waals surface area contributed by atoms with Crippen LogP contribution in [-0.2, 0) is 0 Å². The molecule has 4 heteroatoms. The Morgan fingerprint density at radius 3 is 2.81 bits per heavy atom. The molecular weight excluding hydrogens is 200 g/mol. The van der Waals surface area contributed by atoms with Gasteiger partial charge in [0.2, 0.25) is 0 Å². The van der Waals surface area contributed by atoms with Gasteiger partial charge in [0.05, 0.1) is 5.69 Å². The summed E-state index contributed by atoms with van der Waals surface area (Å²) < 4.78 is 0. The normalized spacial score (nSPS) is 9.56. The molecular formula is C12H10N4. The van der Waals surface area contributed by atoms with E-state index >= 15 is 0 Å². The number of pyridine rings is 1. The van der Waals surface area contributed by atoms with Crippen LogP contribution in [0.4, 0.5) is 5.69 Å². The first kappa shape index (κ1) is 10.2. The number of rotatable bonds is 2. The second kappa shape index (κ2) is 4.47. The standard InChI is InChI=1S/C12H10N4/c1-9-5-6-10(12(8-9)15-16-13)11-4-2-3-7-14-11/h2-8H,1H3. The Morgan fingerprint density at radius 2 is 2.12 bits per heavy atom. The van der Waals surface area contributed by atoms with Crippen LogP contribution in [-0.4, -0.2) is 4.98 Å². The van der Waals surface area contributed by atoms with Crippen molar-refractivity contribution in [1.29, 1.82) is 0 Å². The number of aromatic nitrogens is 1. The highest BCUT2D eigenvalue weighted by atomic mass is 15.1. The monoisotopic (exact) mass is 210 g/mol. The molecule has 0 bridgehead atoms. The van der Waals surface area contributed by atoms with E-state index < -0.39 is 0 Å². The minimum absolute atomic E-state index is 0.612. The predicted octanol–water partition coefficient (Wildman–Crippen LogP) is 4.00. The van der Waals surface area contributed by atoms with Crippen molar-refractivity contribution in [2.45, 2.75) is 6.92 Å². The number of benzene rings is 1. The smallest absolute Gasteiger partial charge is 0.0706 e. The minimum atomic E-state index is 0.612. The van der Waals surface area contributed by atoms with Gasteiger partial charge in [-0.05, 0) is 30.7 Å². The number of nitrogens with zero attached hydrogens (tertiary/aromatic N) is 4. The van der Waals surface area contributed by atoms with Crippen molar-refractivity contribution >= 4 is 5.69 Å². The van der Waals surface area contributed by atoms with Crippen LogP contribution in [0.15, 0.2) is 47.7 Å². The summed E-state index contributed by atoms with van der Waals surface area (Å²) in [5.41, 5.74) is 11.9. The molecule has 0 saturated heterocycles. The first-order valence-electron chi connectivity index (χ1n) is 4.88. The average molecular weight is 210 g/mol. The largest absolute Gasteiger partial charge is 0.256 e. The van der Waals surface area contributed by atoms with E-state index in [-0.39, 0.29) is 0 Å². The lowest BCUT2D eigenvalue weighted by molar-refractivity contribution is 1.31. The van der Waals surface area contributed by atoms with Crippen LogP contribution in [0, 0.1) is 6.92 Å². The SMILES string of the molecule is Cc1ccc(-c2ccccn2)c(N=[N+]=[N-])c1. The summed E-state index contributed by atoms with van der Waals surface area (Å²) in [7, 11) is 0. The Labute approximate surface area is 93.2 Å². The van der Waals surface area contributed by atoms with Crippen molar-refractivity contribution in [3.8, 4) is 11.3 Å². The summed E-state index contributed by atoms with van der Waals surface area (Å²) in [4.78, 5) is 7.07.